The number of hydrogen-bond donors (Lipinski definition) is 1. The van der Waals surface area contributed by atoms with Gasteiger partial charge < -0.3 is 9.64 Å². The van der Waals surface area contributed by atoms with Crippen LogP contribution < -0.4 is 15.0 Å². The number of alkyl halides is 3. The molecule has 1 saturated heterocycles. The Morgan fingerprint density at radius 3 is 2.49 bits per heavy atom. The summed E-state index contributed by atoms with van der Waals surface area (Å²) in [6.45, 7) is 6.13. The fraction of sp³-hybridized carbons (Fsp3) is 0.273. The van der Waals surface area contributed by atoms with E-state index in [2.05, 4.69) is 38.9 Å². The lowest BCUT2D eigenvalue weighted by Crippen LogP contribution is -2.42. The third kappa shape index (κ3) is 8.36. The molecule has 0 saturated carbocycles. The Balaban J connectivity index is 1.29. The molecule has 1 atom stereocenters. The van der Waals surface area contributed by atoms with Gasteiger partial charge in [-0.15, -0.1) is 18.3 Å². The Morgan fingerprint density at radius 1 is 1.09 bits per heavy atom. The molecular formula is C33H31F5N6O2S. The van der Waals surface area contributed by atoms with Gasteiger partial charge in [-0.25, -0.2) is 18.9 Å². The number of anilines is 1. The first kappa shape index (κ1) is 33.6. The molecule has 246 valence electrons. The zero-order valence-corrected chi connectivity index (χ0v) is 26.5. The second-order valence-corrected chi connectivity index (χ2v) is 11.9. The predicted molar refractivity (Wildman–Crippen MR) is 173 cm³/mol. The first-order chi connectivity index (χ1) is 22.4. The Kier molecular flexibility index (Phi) is 10.3. The number of amides is 2. The highest BCUT2D eigenvalue weighted by molar-refractivity contribution is 8.14. The maximum atomic E-state index is 15.1. The summed E-state index contributed by atoms with van der Waals surface area (Å²) in [5, 5.41) is 6.63. The number of halogens is 5. The van der Waals surface area contributed by atoms with Crippen molar-refractivity contribution in [2.45, 2.75) is 52.4 Å². The lowest BCUT2D eigenvalue weighted by molar-refractivity contribution is -0.274. The molecule has 8 nitrogen and oxygen atoms in total. The molecule has 1 aliphatic heterocycles. The molecule has 4 aromatic rings. The molecule has 5 rings (SSSR count). The van der Waals surface area contributed by atoms with Gasteiger partial charge in [0.15, 0.2) is 16.8 Å². The van der Waals surface area contributed by atoms with Gasteiger partial charge in [-0.2, -0.15) is 9.38 Å². The van der Waals surface area contributed by atoms with E-state index in [-0.39, 0.29) is 23.2 Å². The number of aryl methyl sites for hydroxylation is 2. The number of urea groups is 1. The number of carbonyl (C=O) groups is 1. The van der Waals surface area contributed by atoms with Crippen molar-refractivity contribution in [2.24, 2.45) is 4.99 Å². The Bertz CT molecular complexity index is 1790. The number of aromatic nitrogens is 3. The van der Waals surface area contributed by atoms with Gasteiger partial charge in [-0.1, -0.05) is 61.5 Å². The normalized spacial score (nSPS) is 16.6. The van der Waals surface area contributed by atoms with Crippen molar-refractivity contribution in [1.82, 2.24) is 20.1 Å². The first-order valence-corrected chi connectivity index (χ1v) is 15.8. The minimum Gasteiger partial charge on any atom is -0.406 e. The van der Waals surface area contributed by atoms with E-state index in [4.69, 9.17) is 0 Å². The number of aliphatic imine (C=N–C) groups is 1. The van der Waals surface area contributed by atoms with Gasteiger partial charge in [0, 0.05) is 28.6 Å². The zero-order valence-electron chi connectivity index (χ0n) is 25.7. The van der Waals surface area contributed by atoms with Crippen LogP contribution in [-0.4, -0.2) is 44.1 Å². The molecule has 3 aromatic carbocycles. The van der Waals surface area contributed by atoms with Crippen molar-refractivity contribution >= 4 is 34.5 Å². The molecule has 1 fully saturated rings. The number of benzene rings is 3. The molecule has 1 N–H and O–H groups in total. The van der Waals surface area contributed by atoms with Crippen LogP contribution in [0, 0.1) is 6.92 Å². The van der Waals surface area contributed by atoms with Crippen molar-refractivity contribution in [3.63, 3.8) is 0 Å². The molecule has 0 spiro atoms. The van der Waals surface area contributed by atoms with E-state index >= 15 is 4.39 Å². The van der Waals surface area contributed by atoms with Gasteiger partial charge in [0.25, 0.3) is 0 Å². The number of hydrogen-bond acceptors (Lipinski definition) is 5. The van der Waals surface area contributed by atoms with E-state index in [0.717, 1.165) is 54.0 Å². The number of ether oxygens (including phenoxy) is 1. The maximum absolute atomic E-state index is 15.1. The smallest absolute Gasteiger partial charge is 0.406 e. The number of amidine groups is 1. The van der Waals surface area contributed by atoms with Gasteiger partial charge in [-0.3, -0.25) is 5.32 Å². The van der Waals surface area contributed by atoms with Crippen molar-refractivity contribution in [1.29, 1.82) is 0 Å². The minimum atomic E-state index is -4.80. The second-order valence-electron chi connectivity index (χ2n) is 10.8. The first-order valence-electron chi connectivity index (χ1n) is 14.8. The van der Waals surface area contributed by atoms with Crippen LogP contribution in [0.1, 0.15) is 43.4 Å². The summed E-state index contributed by atoms with van der Waals surface area (Å²) in [5.41, 5.74) is 3.89. The molecular weight excluding hydrogens is 639 g/mol. The van der Waals surface area contributed by atoms with Gasteiger partial charge >= 0.3 is 12.4 Å². The highest BCUT2D eigenvalue weighted by atomic mass is 32.2. The molecule has 0 bridgehead atoms. The SMILES string of the molecule is CCCc1ccc(C)cc1N1/C(=N/C(=O)N/C(F)=C(\F)c2ccc(-c3ncn(-c4ccc(OC(F)(F)F)cc4)n3)cc2)SCCC1C. The van der Waals surface area contributed by atoms with Crippen LogP contribution in [0.5, 0.6) is 5.75 Å². The summed E-state index contributed by atoms with van der Waals surface area (Å²) in [6.07, 6.45) is -0.791. The number of carbonyl (C=O) groups excluding carboxylic acids is 1. The van der Waals surface area contributed by atoms with E-state index < -0.39 is 24.2 Å². The highest BCUT2D eigenvalue weighted by Gasteiger charge is 2.31. The summed E-state index contributed by atoms with van der Waals surface area (Å²) in [6, 6.07) is 15.8. The minimum absolute atomic E-state index is 0.0511. The standard InChI is InChI=1S/C33H31F5N6O2S/c1-4-5-22-7-6-20(2)18-27(22)44-21(3)16-17-47-32(44)41-31(45)40-29(35)28(34)23-8-10-24(11-9-23)30-39-19-43(42-30)25-12-14-26(15-13-25)46-33(36,37)38/h6-15,18-19,21H,4-5,16-17H2,1-3H3,(H,40,45)/b29-28-,41-32-. The van der Waals surface area contributed by atoms with Gasteiger partial charge in [0.05, 0.1) is 5.69 Å². The van der Waals surface area contributed by atoms with E-state index in [9.17, 15) is 22.4 Å². The Labute approximate surface area is 272 Å². The third-order valence-corrected chi connectivity index (χ3v) is 8.25. The lowest BCUT2D eigenvalue weighted by atomic mass is 10.0. The second kappa shape index (κ2) is 14.4. The largest absolute Gasteiger partial charge is 0.573 e. The number of nitrogens with one attached hydrogen (secondary N) is 1. The number of rotatable bonds is 8. The van der Waals surface area contributed by atoms with E-state index in [1.165, 1.54) is 59.2 Å². The van der Waals surface area contributed by atoms with Gasteiger partial charge in [-0.05, 0) is 68.1 Å². The maximum Gasteiger partial charge on any atom is 0.573 e. The monoisotopic (exact) mass is 670 g/mol. The predicted octanol–water partition coefficient (Wildman–Crippen LogP) is 8.76. The zero-order chi connectivity index (χ0) is 33.7. The van der Waals surface area contributed by atoms with Crippen molar-refractivity contribution < 1.29 is 31.5 Å². The van der Waals surface area contributed by atoms with Crippen LogP contribution in [0.2, 0.25) is 0 Å². The molecule has 14 heteroatoms. The quantitative estimate of drug-likeness (QED) is 0.149. The fourth-order valence-electron chi connectivity index (χ4n) is 4.99. The molecule has 0 aliphatic carbocycles. The molecule has 0 radical (unpaired) electrons. The van der Waals surface area contributed by atoms with E-state index in [1.54, 1.807) is 0 Å². The van der Waals surface area contributed by atoms with Crippen LogP contribution in [-0.2, 0) is 6.42 Å². The molecule has 1 aliphatic rings. The van der Waals surface area contributed by atoms with Crippen LogP contribution in [0.15, 0.2) is 84.0 Å². The fourth-order valence-corrected chi connectivity index (χ4v) is 6.20. The topological polar surface area (TPSA) is 84.6 Å². The van der Waals surface area contributed by atoms with E-state index in [0.29, 0.717) is 16.4 Å². The molecule has 47 heavy (non-hydrogen) atoms. The van der Waals surface area contributed by atoms with Crippen LogP contribution in [0.3, 0.4) is 0 Å². The van der Waals surface area contributed by atoms with E-state index in [1.807, 2.05) is 30.1 Å². The Morgan fingerprint density at radius 2 is 1.81 bits per heavy atom. The van der Waals surface area contributed by atoms with Gasteiger partial charge in [0.2, 0.25) is 5.95 Å². The third-order valence-electron chi connectivity index (χ3n) is 7.26. The van der Waals surface area contributed by atoms with Crippen LogP contribution in [0.25, 0.3) is 22.9 Å². The van der Waals surface area contributed by atoms with Crippen molar-refractivity contribution in [2.75, 3.05) is 10.7 Å². The van der Waals surface area contributed by atoms with Crippen molar-refractivity contribution in [3.05, 3.63) is 95.7 Å². The summed E-state index contributed by atoms with van der Waals surface area (Å²) in [7, 11) is 0. The average molecular weight is 671 g/mol. The van der Waals surface area contributed by atoms with Crippen LogP contribution >= 0.6 is 11.8 Å². The summed E-state index contributed by atoms with van der Waals surface area (Å²) in [4.78, 5) is 23.1. The lowest BCUT2D eigenvalue weighted by Gasteiger charge is -2.37. The number of thioether (sulfide) groups is 1. The summed E-state index contributed by atoms with van der Waals surface area (Å²) >= 11 is 1.39. The summed E-state index contributed by atoms with van der Waals surface area (Å²) in [5.74, 6) is -2.17. The summed E-state index contributed by atoms with van der Waals surface area (Å²) < 4.78 is 72.4. The van der Waals surface area contributed by atoms with Gasteiger partial charge in [0.1, 0.15) is 12.1 Å². The van der Waals surface area contributed by atoms with Crippen LogP contribution in [0.4, 0.5) is 32.4 Å². The van der Waals surface area contributed by atoms with Crippen molar-refractivity contribution in [3.8, 4) is 22.8 Å². The highest BCUT2D eigenvalue weighted by Crippen LogP contribution is 2.33. The molecule has 1 aromatic heterocycles. The average Bonchev–Trinajstić information content (AvgIpc) is 3.52. The Hall–Kier alpha value is -4.72. The molecule has 1 unspecified atom stereocenters. The number of nitrogens with zero attached hydrogens (tertiary/aromatic N) is 5. The molecule has 2 amide bonds. The molecule has 2 heterocycles.